The highest BCUT2D eigenvalue weighted by Crippen LogP contribution is 2.27. The first-order valence-electron chi connectivity index (χ1n) is 8.34. The van der Waals surface area contributed by atoms with Gasteiger partial charge in [0, 0.05) is 5.69 Å². The number of amides is 1. The molecule has 0 spiro atoms. The average Bonchev–Trinajstić information content (AvgIpc) is 2.65. The van der Waals surface area contributed by atoms with Gasteiger partial charge in [-0.2, -0.15) is 0 Å². The molecule has 1 aromatic heterocycles. The molecule has 27 heavy (non-hydrogen) atoms. The lowest BCUT2D eigenvalue weighted by Crippen LogP contribution is -2.42. The molecule has 0 radical (unpaired) electrons. The van der Waals surface area contributed by atoms with E-state index in [9.17, 15) is 14.4 Å². The van der Waals surface area contributed by atoms with Gasteiger partial charge in [0.05, 0.1) is 23.0 Å². The van der Waals surface area contributed by atoms with Crippen molar-refractivity contribution in [2.75, 3.05) is 12.4 Å². The molecular weight excluding hydrogens is 370 g/mol. The highest BCUT2D eigenvalue weighted by Gasteiger charge is 2.23. The fraction of sp³-hybridized carbons (Fsp3) is 0.211. The smallest absolute Gasteiger partial charge is 0.329 e. The molecule has 3 aromatic rings. The molecule has 2 aromatic carbocycles. The van der Waals surface area contributed by atoms with Gasteiger partial charge in [0.2, 0.25) is 5.91 Å². The van der Waals surface area contributed by atoms with Crippen molar-refractivity contribution < 1.29 is 9.53 Å². The second kappa shape index (κ2) is 7.67. The van der Waals surface area contributed by atoms with Gasteiger partial charge < -0.3 is 15.0 Å². The number of fused-ring (bicyclic) bond motifs is 1. The number of hydrogen-bond acceptors (Lipinski definition) is 4. The van der Waals surface area contributed by atoms with E-state index < -0.39 is 23.2 Å². The van der Waals surface area contributed by atoms with Crippen molar-refractivity contribution in [1.29, 1.82) is 0 Å². The first kappa shape index (κ1) is 18.7. The summed E-state index contributed by atoms with van der Waals surface area (Å²) in [5.74, 6) is -0.00878. The third-order valence-corrected chi connectivity index (χ3v) is 4.55. The molecule has 0 fully saturated rings. The number of para-hydroxylation sites is 1. The molecule has 0 bridgehead atoms. The second-order valence-electron chi connectivity index (χ2n) is 5.91. The minimum absolute atomic E-state index is 0.261. The minimum Gasteiger partial charge on any atom is -0.495 e. The summed E-state index contributed by atoms with van der Waals surface area (Å²) in [7, 11) is 1.49. The van der Waals surface area contributed by atoms with Crippen molar-refractivity contribution >= 4 is 34.1 Å². The van der Waals surface area contributed by atoms with Crippen LogP contribution in [0.25, 0.3) is 10.9 Å². The van der Waals surface area contributed by atoms with Gasteiger partial charge in [0.15, 0.2) is 0 Å². The van der Waals surface area contributed by atoms with E-state index in [1.54, 1.807) is 49.4 Å². The highest BCUT2D eigenvalue weighted by molar-refractivity contribution is 6.32. The summed E-state index contributed by atoms with van der Waals surface area (Å²) < 4.78 is 6.03. The van der Waals surface area contributed by atoms with Gasteiger partial charge >= 0.3 is 5.69 Å². The monoisotopic (exact) mass is 387 g/mol. The zero-order valence-corrected chi connectivity index (χ0v) is 15.5. The number of nitrogens with zero attached hydrogens (tertiary/aromatic N) is 1. The lowest BCUT2D eigenvalue weighted by molar-refractivity contribution is -0.119. The Kier molecular flexibility index (Phi) is 5.32. The maximum Gasteiger partial charge on any atom is 0.329 e. The number of anilines is 1. The Morgan fingerprint density at radius 2 is 2.00 bits per heavy atom. The van der Waals surface area contributed by atoms with Crippen LogP contribution >= 0.6 is 11.6 Å². The van der Waals surface area contributed by atoms with E-state index in [-0.39, 0.29) is 6.42 Å². The van der Waals surface area contributed by atoms with Crippen LogP contribution in [0.1, 0.15) is 19.4 Å². The van der Waals surface area contributed by atoms with E-state index in [1.807, 2.05) is 0 Å². The lowest BCUT2D eigenvalue weighted by atomic mass is 10.1. The average molecular weight is 388 g/mol. The SMILES string of the molecule is CC[C@@H](C(=O)Nc1ccc(OC)c(Cl)c1)n1c(=O)[nH]c2ccccc2c1=O. The molecule has 0 unspecified atom stereocenters. The number of ether oxygens (including phenoxy) is 1. The number of carbonyl (C=O) groups excluding carboxylic acids is 1. The summed E-state index contributed by atoms with van der Waals surface area (Å²) in [6.45, 7) is 1.73. The molecule has 140 valence electrons. The Labute approximate surface area is 159 Å². The summed E-state index contributed by atoms with van der Waals surface area (Å²) in [6.07, 6.45) is 0.261. The topological polar surface area (TPSA) is 93.2 Å². The lowest BCUT2D eigenvalue weighted by Gasteiger charge is -2.18. The van der Waals surface area contributed by atoms with Crippen LogP contribution in [0.2, 0.25) is 5.02 Å². The molecule has 2 N–H and O–H groups in total. The quantitative estimate of drug-likeness (QED) is 0.703. The number of aromatic nitrogens is 2. The molecular formula is C19H18ClN3O4. The summed E-state index contributed by atoms with van der Waals surface area (Å²) >= 11 is 6.07. The fourth-order valence-electron chi connectivity index (χ4n) is 2.91. The number of carbonyl (C=O) groups is 1. The molecule has 0 aliphatic carbocycles. The molecule has 7 nitrogen and oxygen atoms in total. The number of aromatic amines is 1. The molecule has 1 atom stereocenters. The van der Waals surface area contributed by atoms with E-state index in [1.165, 1.54) is 7.11 Å². The summed E-state index contributed by atoms with van der Waals surface area (Å²) in [4.78, 5) is 40.6. The van der Waals surface area contributed by atoms with Crippen molar-refractivity contribution in [2.24, 2.45) is 0 Å². The number of H-pyrrole nitrogens is 1. The van der Waals surface area contributed by atoms with Gasteiger partial charge in [-0.25, -0.2) is 9.36 Å². The van der Waals surface area contributed by atoms with Crippen molar-refractivity contribution in [3.63, 3.8) is 0 Å². The Hall–Kier alpha value is -3.06. The molecule has 1 amide bonds. The maximum absolute atomic E-state index is 12.8. The molecule has 0 saturated heterocycles. The summed E-state index contributed by atoms with van der Waals surface area (Å²) in [5, 5.41) is 3.38. The Balaban J connectivity index is 1.99. The largest absolute Gasteiger partial charge is 0.495 e. The predicted octanol–water partition coefficient (Wildman–Crippen LogP) is 2.94. The molecule has 1 heterocycles. The zero-order valence-electron chi connectivity index (χ0n) is 14.8. The van der Waals surface area contributed by atoms with E-state index in [4.69, 9.17) is 16.3 Å². The number of benzene rings is 2. The van der Waals surface area contributed by atoms with Gasteiger partial charge in [0.25, 0.3) is 5.56 Å². The van der Waals surface area contributed by atoms with Crippen molar-refractivity contribution in [2.45, 2.75) is 19.4 Å². The zero-order chi connectivity index (χ0) is 19.6. The first-order chi connectivity index (χ1) is 13.0. The predicted molar refractivity (Wildman–Crippen MR) is 105 cm³/mol. The normalized spacial score (nSPS) is 12.0. The van der Waals surface area contributed by atoms with Gasteiger partial charge in [-0.3, -0.25) is 9.59 Å². The van der Waals surface area contributed by atoms with Crippen LogP contribution in [-0.2, 0) is 4.79 Å². The van der Waals surface area contributed by atoms with Crippen LogP contribution in [0, 0.1) is 0 Å². The van der Waals surface area contributed by atoms with Gasteiger partial charge in [-0.15, -0.1) is 0 Å². The molecule has 3 rings (SSSR count). The number of hydrogen-bond donors (Lipinski definition) is 2. The first-order valence-corrected chi connectivity index (χ1v) is 8.72. The standard InChI is InChI=1S/C19H18ClN3O4/c1-3-15(17(24)21-11-8-9-16(27-2)13(20)10-11)23-18(25)12-6-4-5-7-14(12)22-19(23)26/h4-10,15H,3H2,1-2H3,(H,21,24)(H,22,26)/t15-/m0/s1. The third-order valence-electron chi connectivity index (χ3n) is 4.26. The summed E-state index contributed by atoms with van der Waals surface area (Å²) in [6, 6.07) is 10.5. The van der Waals surface area contributed by atoms with Crippen LogP contribution in [-0.4, -0.2) is 22.6 Å². The van der Waals surface area contributed by atoms with Gasteiger partial charge in [0.1, 0.15) is 11.8 Å². The van der Waals surface area contributed by atoms with Gasteiger partial charge in [-0.05, 0) is 36.8 Å². The molecule has 0 aliphatic heterocycles. The second-order valence-corrected chi connectivity index (χ2v) is 6.32. The number of nitrogens with one attached hydrogen (secondary N) is 2. The maximum atomic E-state index is 12.8. The van der Waals surface area contributed by atoms with Crippen molar-refractivity contribution in [3.05, 3.63) is 68.3 Å². The third kappa shape index (κ3) is 3.59. The van der Waals surface area contributed by atoms with E-state index in [0.29, 0.717) is 27.4 Å². The van der Waals surface area contributed by atoms with Crippen molar-refractivity contribution in [1.82, 2.24) is 9.55 Å². The van der Waals surface area contributed by atoms with Crippen LogP contribution in [0.15, 0.2) is 52.1 Å². The van der Waals surface area contributed by atoms with Crippen molar-refractivity contribution in [3.8, 4) is 5.75 Å². The Bertz CT molecular complexity index is 1120. The minimum atomic E-state index is -0.966. The van der Waals surface area contributed by atoms with Crippen LogP contribution < -0.4 is 21.3 Å². The Morgan fingerprint density at radius 1 is 1.26 bits per heavy atom. The highest BCUT2D eigenvalue weighted by atomic mass is 35.5. The molecule has 8 heteroatoms. The van der Waals surface area contributed by atoms with E-state index in [2.05, 4.69) is 10.3 Å². The van der Waals surface area contributed by atoms with Crippen LogP contribution in [0.5, 0.6) is 5.75 Å². The summed E-state index contributed by atoms with van der Waals surface area (Å²) in [5.41, 5.74) is -0.270. The number of rotatable bonds is 5. The molecule has 0 saturated carbocycles. The van der Waals surface area contributed by atoms with E-state index >= 15 is 0 Å². The van der Waals surface area contributed by atoms with E-state index in [0.717, 1.165) is 4.57 Å². The van der Waals surface area contributed by atoms with Crippen LogP contribution in [0.3, 0.4) is 0 Å². The fourth-order valence-corrected chi connectivity index (χ4v) is 3.17. The number of halogens is 1. The molecule has 0 aliphatic rings. The van der Waals surface area contributed by atoms with Gasteiger partial charge in [-0.1, -0.05) is 30.7 Å². The number of methoxy groups -OCH3 is 1. The Morgan fingerprint density at radius 3 is 2.67 bits per heavy atom. The van der Waals surface area contributed by atoms with Crippen LogP contribution in [0.4, 0.5) is 5.69 Å².